The number of unbranched alkanes of at least 4 members (excludes halogenated alkanes) is 8. The molecule has 0 aromatic heterocycles. The molecule has 0 saturated carbocycles. The van der Waals surface area contributed by atoms with Gasteiger partial charge in [-0.25, -0.2) is 0 Å². The minimum atomic E-state index is 0.531. The first-order valence-electron chi connectivity index (χ1n) is 10.6. The Kier molecular flexibility index (Phi) is 11.7. The van der Waals surface area contributed by atoms with E-state index in [1.54, 1.807) is 0 Å². The molecule has 0 radical (unpaired) electrons. The highest BCUT2D eigenvalue weighted by Gasteiger charge is 2.12. The number of aromatic hydroxyl groups is 1. The normalized spacial score (nSPS) is 11.1. The molecule has 0 unspecified atom stereocenters. The monoisotopic (exact) mass is 332 g/mol. The van der Waals surface area contributed by atoms with Crippen molar-refractivity contribution in [2.75, 3.05) is 0 Å². The molecule has 0 heterocycles. The van der Waals surface area contributed by atoms with Crippen molar-refractivity contribution in [3.63, 3.8) is 0 Å². The van der Waals surface area contributed by atoms with Crippen molar-refractivity contribution in [1.29, 1.82) is 0 Å². The third-order valence-electron chi connectivity index (χ3n) is 5.08. The molecule has 1 nitrogen and oxygen atoms in total. The number of hydrogen-bond acceptors (Lipinski definition) is 1. The molecule has 1 aromatic rings. The van der Waals surface area contributed by atoms with E-state index < -0.39 is 0 Å². The zero-order valence-electron chi connectivity index (χ0n) is 16.5. The molecule has 0 aliphatic carbocycles. The van der Waals surface area contributed by atoms with E-state index in [1.807, 2.05) is 6.07 Å². The fourth-order valence-corrected chi connectivity index (χ4v) is 3.61. The van der Waals surface area contributed by atoms with Gasteiger partial charge in [0.1, 0.15) is 5.75 Å². The molecule has 1 N–H and O–H groups in total. The number of aryl methyl sites for hydroxylation is 1. The van der Waals surface area contributed by atoms with Gasteiger partial charge in [-0.1, -0.05) is 84.6 Å². The van der Waals surface area contributed by atoms with E-state index in [0.717, 1.165) is 19.3 Å². The van der Waals surface area contributed by atoms with Crippen molar-refractivity contribution in [2.45, 2.75) is 111 Å². The quantitative estimate of drug-likeness (QED) is 0.352. The van der Waals surface area contributed by atoms with Crippen LogP contribution in [0.2, 0.25) is 0 Å². The lowest BCUT2D eigenvalue weighted by atomic mass is 9.90. The molecule has 0 aliphatic rings. The zero-order valence-corrected chi connectivity index (χ0v) is 16.5. The predicted molar refractivity (Wildman–Crippen MR) is 107 cm³/mol. The van der Waals surface area contributed by atoms with Gasteiger partial charge in [0.05, 0.1) is 0 Å². The fraction of sp³-hybridized carbons (Fsp3) is 0.739. The number of phenols is 1. The lowest BCUT2D eigenvalue weighted by Gasteiger charge is -2.16. The summed E-state index contributed by atoms with van der Waals surface area (Å²) in [6, 6.07) is 4.08. The highest BCUT2D eigenvalue weighted by molar-refractivity contribution is 5.45. The van der Waals surface area contributed by atoms with Gasteiger partial charge in [-0.05, 0) is 54.9 Å². The summed E-state index contributed by atoms with van der Waals surface area (Å²) < 4.78 is 0. The molecule has 1 heteroatoms. The van der Waals surface area contributed by atoms with Crippen LogP contribution in [0.1, 0.15) is 108 Å². The van der Waals surface area contributed by atoms with Crippen LogP contribution >= 0.6 is 0 Å². The van der Waals surface area contributed by atoms with Gasteiger partial charge in [-0.2, -0.15) is 0 Å². The first-order valence-corrected chi connectivity index (χ1v) is 10.6. The second kappa shape index (κ2) is 13.3. The van der Waals surface area contributed by atoms with Gasteiger partial charge in [0.15, 0.2) is 0 Å². The maximum Gasteiger partial charge on any atom is 0.119 e. The van der Waals surface area contributed by atoms with E-state index in [-0.39, 0.29) is 0 Å². The van der Waals surface area contributed by atoms with Crippen molar-refractivity contribution in [3.8, 4) is 5.75 Å². The summed E-state index contributed by atoms with van der Waals surface area (Å²) in [6.45, 7) is 6.77. The second-order valence-electron chi connectivity index (χ2n) is 7.28. The summed E-state index contributed by atoms with van der Waals surface area (Å²) in [5.74, 6) is 0.531. The molecule has 0 saturated heterocycles. The summed E-state index contributed by atoms with van der Waals surface area (Å²) >= 11 is 0. The molecule has 0 aliphatic heterocycles. The average Bonchev–Trinajstić information content (AvgIpc) is 2.59. The van der Waals surface area contributed by atoms with E-state index >= 15 is 0 Å². The van der Waals surface area contributed by atoms with E-state index in [9.17, 15) is 5.11 Å². The Balaban J connectivity index is 2.53. The summed E-state index contributed by atoms with van der Waals surface area (Å²) in [6.07, 6.45) is 17.7. The molecule has 1 aromatic carbocycles. The molecule has 0 amide bonds. The minimum absolute atomic E-state index is 0.531. The molecule has 0 atom stereocenters. The van der Waals surface area contributed by atoms with Gasteiger partial charge < -0.3 is 5.11 Å². The number of hydrogen-bond donors (Lipinski definition) is 1. The molecular weight excluding hydrogens is 292 g/mol. The molecule has 24 heavy (non-hydrogen) atoms. The first kappa shape index (κ1) is 21.1. The maximum atomic E-state index is 10.4. The Labute approximate surface area is 150 Å². The predicted octanol–water partition coefficient (Wildman–Crippen LogP) is 7.37. The number of benzene rings is 1. The Bertz CT molecular complexity index is 436. The van der Waals surface area contributed by atoms with Crippen LogP contribution in [0.25, 0.3) is 0 Å². The van der Waals surface area contributed by atoms with Crippen molar-refractivity contribution >= 4 is 0 Å². The van der Waals surface area contributed by atoms with Crippen LogP contribution in [-0.4, -0.2) is 5.11 Å². The molecule has 0 spiro atoms. The van der Waals surface area contributed by atoms with Gasteiger partial charge in [0.25, 0.3) is 0 Å². The average molecular weight is 333 g/mol. The van der Waals surface area contributed by atoms with Gasteiger partial charge in [-0.15, -0.1) is 0 Å². The van der Waals surface area contributed by atoms with E-state index in [2.05, 4.69) is 26.8 Å². The van der Waals surface area contributed by atoms with Crippen molar-refractivity contribution in [3.05, 3.63) is 28.8 Å². The van der Waals surface area contributed by atoms with Crippen molar-refractivity contribution < 1.29 is 5.11 Å². The standard InChI is InChI=1S/C23H40O/c1-4-7-9-10-11-12-13-14-17-22-21(16-8-5-2)20(15-6-3)18-19-23(22)24/h18-19,24H,4-17H2,1-3H3. The van der Waals surface area contributed by atoms with Crippen LogP contribution in [0, 0.1) is 0 Å². The van der Waals surface area contributed by atoms with E-state index in [0.29, 0.717) is 5.75 Å². The molecule has 1 rings (SSSR count). The summed E-state index contributed by atoms with van der Waals surface area (Å²) in [5.41, 5.74) is 4.18. The summed E-state index contributed by atoms with van der Waals surface area (Å²) in [7, 11) is 0. The van der Waals surface area contributed by atoms with E-state index in [4.69, 9.17) is 0 Å². The minimum Gasteiger partial charge on any atom is -0.508 e. The van der Waals surface area contributed by atoms with Crippen molar-refractivity contribution in [1.82, 2.24) is 0 Å². The van der Waals surface area contributed by atoms with Crippen LogP contribution in [0.3, 0.4) is 0 Å². The number of phenolic OH excluding ortho intramolecular Hbond substituents is 1. The fourth-order valence-electron chi connectivity index (χ4n) is 3.61. The Morgan fingerprint density at radius 3 is 1.79 bits per heavy atom. The SMILES string of the molecule is CCCCCCCCCCc1c(O)ccc(CCC)c1CCCC. The first-order chi connectivity index (χ1) is 11.7. The van der Waals surface area contributed by atoms with Crippen LogP contribution in [0.5, 0.6) is 5.75 Å². The molecule has 138 valence electrons. The Morgan fingerprint density at radius 1 is 0.583 bits per heavy atom. The van der Waals surface area contributed by atoms with Crippen LogP contribution < -0.4 is 0 Å². The second-order valence-corrected chi connectivity index (χ2v) is 7.28. The van der Waals surface area contributed by atoms with Gasteiger partial charge in [0, 0.05) is 0 Å². The van der Waals surface area contributed by atoms with Gasteiger partial charge >= 0.3 is 0 Å². The highest BCUT2D eigenvalue weighted by Crippen LogP contribution is 2.29. The Hall–Kier alpha value is -0.980. The van der Waals surface area contributed by atoms with Gasteiger partial charge in [0.2, 0.25) is 0 Å². The highest BCUT2D eigenvalue weighted by atomic mass is 16.3. The lowest BCUT2D eigenvalue weighted by molar-refractivity contribution is 0.463. The molecular formula is C23H40O. The van der Waals surface area contributed by atoms with Crippen LogP contribution in [-0.2, 0) is 19.3 Å². The number of rotatable bonds is 14. The smallest absolute Gasteiger partial charge is 0.119 e. The maximum absolute atomic E-state index is 10.4. The summed E-state index contributed by atoms with van der Waals surface area (Å²) in [5, 5.41) is 10.4. The lowest BCUT2D eigenvalue weighted by Crippen LogP contribution is -2.02. The van der Waals surface area contributed by atoms with E-state index in [1.165, 1.54) is 87.3 Å². The third-order valence-corrected chi connectivity index (χ3v) is 5.08. The van der Waals surface area contributed by atoms with Gasteiger partial charge in [-0.3, -0.25) is 0 Å². The molecule has 0 bridgehead atoms. The van der Waals surface area contributed by atoms with Crippen molar-refractivity contribution in [2.24, 2.45) is 0 Å². The summed E-state index contributed by atoms with van der Waals surface area (Å²) in [4.78, 5) is 0. The van der Waals surface area contributed by atoms with Crippen LogP contribution in [0.4, 0.5) is 0 Å². The Morgan fingerprint density at radius 2 is 1.17 bits per heavy atom. The zero-order chi connectivity index (χ0) is 17.6. The van der Waals surface area contributed by atoms with Crippen LogP contribution in [0.15, 0.2) is 12.1 Å². The largest absolute Gasteiger partial charge is 0.508 e. The molecule has 0 fully saturated rings. The topological polar surface area (TPSA) is 20.2 Å². The third kappa shape index (κ3) is 7.73.